The third kappa shape index (κ3) is 2.79. The summed E-state index contributed by atoms with van der Waals surface area (Å²) in [5.74, 6) is 0.964. The minimum absolute atomic E-state index is 0.277. The Bertz CT molecular complexity index is 569. The number of hydrogen-bond acceptors (Lipinski definition) is 4. The first-order valence-electron chi connectivity index (χ1n) is 6.51. The van der Waals surface area contributed by atoms with Crippen molar-refractivity contribution in [1.82, 2.24) is 15.0 Å². The lowest BCUT2D eigenvalue weighted by atomic mass is 9.98. The summed E-state index contributed by atoms with van der Waals surface area (Å²) < 4.78 is 0. The summed E-state index contributed by atoms with van der Waals surface area (Å²) in [6, 6.07) is 3.97. The molecule has 2 rings (SSSR count). The smallest absolute Gasteiger partial charge is 0.178 e. The maximum absolute atomic E-state index is 5.74. The van der Waals surface area contributed by atoms with Crippen molar-refractivity contribution in [2.24, 2.45) is 5.73 Å². The van der Waals surface area contributed by atoms with Gasteiger partial charge in [0.25, 0.3) is 0 Å². The monoisotopic (exact) mass is 256 g/mol. The second-order valence-corrected chi connectivity index (χ2v) is 4.99. The maximum Gasteiger partial charge on any atom is 0.178 e. The van der Waals surface area contributed by atoms with Crippen molar-refractivity contribution in [3.63, 3.8) is 0 Å². The van der Waals surface area contributed by atoms with Gasteiger partial charge in [-0.2, -0.15) is 0 Å². The molecule has 2 heterocycles. The summed E-state index contributed by atoms with van der Waals surface area (Å²) in [5.41, 5.74) is 10.8. The fourth-order valence-electron chi connectivity index (χ4n) is 2.33. The van der Waals surface area contributed by atoms with Gasteiger partial charge in [0.2, 0.25) is 0 Å². The first-order chi connectivity index (χ1) is 9.02. The molecule has 0 bridgehead atoms. The van der Waals surface area contributed by atoms with Gasteiger partial charge in [0.15, 0.2) is 5.82 Å². The number of hydrogen-bond donors (Lipinski definition) is 1. The van der Waals surface area contributed by atoms with Crippen LogP contribution in [0, 0.1) is 20.8 Å². The largest absolute Gasteiger partial charge is 0.330 e. The van der Waals surface area contributed by atoms with Crippen LogP contribution < -0.4 is 5.73 Å². The van der Waals surface area contributed by atoms with Gasteiger partial charge in [-0.15, -0.1) is 0 Å². The van der Waals surface area contributed by atoms with Gasteiger partial charge in [-0.25, -0.2) is 9.97 Å². The lowest BCUT2D eigenvalue weighted by Crippen LogP contribution is -2.14. The summed E-state index contributed by atoms with van der Waals surface area (Å²) in [6.45, 7) is 8.76. The molecule has 0 spiro atoms. The molecule has 100 valence electrons. The molecule has 2 N–H and O–H groups in total. The van der Waals surface area contributed by atoms with E-state index in [-0.39, 0.29) is 5.92 Å². The van der Waals surface area contributed by atoms with Crippen LogP contribution in [0.1, 0.15) is 35.4 Å². The average molecular weight is 256 g/mol. The van der Waals surface area contributed by atoms with Crippen LogP contribution in [0.3, 0.4) is 0 Å². The topological polar surface area (TPSA) is 64.7 Å². The highest BCUT2D eigenvalue weighted by molar-refractivity contribution is 5.51. The van der Waals surface area contributed by atoms with Crippen LogP contribution in [-0.4, -0.2) is 21.5 Å². The first kappa shape index (κ1) is 13.6. The lowest BCUT2D eigenvalue weighted by Gasteiger charge is -2.15. The van der Waals surface area contributed by atoms with Crippen molar-refractivity contribution in [2.75, 3.05) is 6.54 Å². The molecule has 0 aromatic carbocycles. The summed E-state index contributed by atoms with van der Waals surface area (Å²) >= 11 is 0. The number of aromatic nitrogens is 3. The van der Waals surface area contributed by atoms with Gasteiger partial charge in [-0.1, -0.05) is 6.92 Å². The van der Waals surface area contributed by atoms with Crippen LogP contribution in [0.4, 0.5) is 0 Å². The highest BCUT2D eigenvalue weighted by atomic mass is 14.9. The molecule has 4 nitrogen and oxygen atoms in total. The van der Waals surface area contributed by atoms with E-state index in [4.69, 9.17) is 5.73 Å². The molecule has 2 aromatic heterocycles. The standard InChI is InChI=1S/C15H20N4/c1-9-5-6-17-13(7-9)15-18-11(3)14(10(2)8-16)12(4)19-15/h5-7,10H,8,16H2,1-4H3. The van der Waals surface area contributed by atoms with Gasteiger partial charge < -0.3 is 5.73 Å². The van der Waals surface area contributed by atoms with E-state index in [0.29, 0.717) is 12.4 Å². The second kappa shape index (κ2) is 5.45. The van der Waals surface area contributed by atoms with E-state index in [2.05, 4.69) is 21.9 Å². The predicted molar refractivity (Wildman–Crippen MR) is 76.9 cm³/mol. The molecular weight excluding hydrogens is 236 g/mol. The van der Waals surface area contributed by atoms with Crippen molar-refractivity contribution < 1.29 is 0 Å². The van der Waals surface area contributed by atoms with Gasteiger partial charge >= 0.3 is 0 Å². The van der Waals surface area contributed by atoms with Crippen molar-refractivity contribution >= 4 is 0 Å². The molecule has 4 heteroatoms. The van der Waals surface area contributed by atoms with E-state index in [1.54, 1.807) is 6.20 Å². The number of nitrogens with zero attached hydrogens (tertiary/aromatic N) is 3. The van der Waals surface area contributed by atoms with Crippen LogP contribution in [0.25, 0.3) is 11.5 Å². The summed E-state index contributed by atoms with van der Waals surface area (Å²) in [4.78, 5) is 13.5. The Balaban J connectivity index is 2.51. The Hall–Kier alpha value is -1.81. The molecule has 2 aromatic rings. The molecule has 19 heavy (non-hydrogen) atoms. The van der Waals surface area contributed by atoms with Crippen molar-refractivity contribution in [3.05, 3.63) is 40.8 Å². The molecule has 0 saturated heterocycles. The molecule has 0 aliphatic carbocycles. The summed E-state index contributed by atoms with van der Waals surface area (Å²) in [7, 11) is 0. The Morgan fingerprint density at radius 3 is 2.32 bits per heavy atom. The zero-order valence-electron chi connectivity index (χ0n) is 11.9. The highest BCUT2D eigenvalue weighted by Crippen LogP contribution is 2.23. The first-order valence-corrected chi connectivity index (χ1v) is 6.51. The van der Waals surface area contributed by atoms with E-state index in [1.807, 2.05) is 32.9 Å². The molecular formula is C15H20N4. The van der Waals surface area contributed by atoms with Gasteiger partial charge in [0.05, 0.1) is 0 Å². The number of nitrogens with two attached hydrogens (primary N) is 1. The Labute approximate surface area is 114 Å². The van der Waals surface area contributed by atoms with E-state index < -0.39 is 0 Å². The molecule has 0 fully saturated rings. The van der Waals surface area contributed by atoms with Gasteiger partial charge in [0, 0.05) is 17.6 Å². The third-order valence-electron chi connectivity index (χ3n) is 3.32. The van der Waals surface area contributed by atoms with Gasteiger partial charge in [0.1, 0.15) is 5.69 Å². The van der Waals surface area contributed by atoms with Crippen molar-refractivity contribution in [2.45, 2.75) is 33.6 Å². The van der Waals surface area contributed by atoms with E-state index >= 15 is 0 Å². The van der Waals surface area contributed by atoms with Crippen molar-refractivity contribution in [1.29, 1.82) is 0 Å². The second-order valence-electron chi connectivity index (χ2n) is 4.99. The number of pyridine rings is 1. The molecule has 0 saturated carbocycles. The zero-order chi connectivity index (χ0) is 14.0. The maximum atomic E-state index is 5.74. The van der Waals surface area contributed by atoms with Crippen LogP contribution in [-0.2, 0) is 0 Å². The molecule has 0 amide bonds. The third-order valence-corrected chi connectivity index (χ3v) is 3.32. The van der Waals surface area contributed by atoms with E-state index in [1.165, 1.54) is 0 Å². The van der Waals surface area contributed by atoms with Gasteiger partial charge in [-0.3, -0.25) is 4.98 Å². The van der Waals surface area contributed by atoms with Crippen LogP contribution in [0.15, 0.2) is 18.3 Å². The van der Waals surface area contributed by atoms with E-state index in [0.717, 1.165) is 28.2 Å². The SMILES string of the molecule is Cc1ccnc(-c2nc(C)c(C(C)CN)c(C)n2)c1. The Morgan fingerprint density at radius 2 is 1.79 bits per heavy atom. The van der Waals surface area contributed by atoms with Crippen LogP contribution >= 0.6 is 0 Å². The lowest BCUT2D eigenvalue weighted by molar-refractivity contribution is 0.743. The zero-order valence-corrected chi connectivity index (χ0v) is 11.9. The van der Waals surface area contributed by atoms with E-state index in [9.17, 15) is 0 Å². The Kier molecular flexibility index (Phi) is 3.90. The minimum atomic E-state index is 0.277. The summed E-state index contributed by atoms with van der Waals surface area (Å²) in [6.07, 6.45) is 1.79. The molecule has 1 unspecified atom stereocenters. The molecule has 0 aliphatic rings. The van der Waals surface area contributed by atoms with Crippen molar-refractivity contribution in [3.8, 4) is 11.5 Å². The fraction of sp³-hybridized carbons (Fsp3) is 0.400. The highest BCUT2D eigenvalue weighted by Gasteiger charge is 2.15. The predicted octanol–water partition coefficient (Wildman–Crippen LogP) is 2.53. The Morgan fingerprint density at radius 1 is 1.16 bits per heavy atom. The quantitative estimate of drug-likeness (QED) is 0.916. The van der Waals surface area contributed by atoms with Gasteiger partial charge in [-0.05, 0) is 56.5 Å². The molecule has 0 aliphatic heterocycles. The number of rotatable bonds is 3. The minimum Gasteiger partial charge on any atom is -0.330 e. The molecule has 1 atom stereocenters. The average Bonchev–Trinajstić information content (AvgIpc) is 2.37. The summed E-state index contributed by atoms with van der Waals surface area (Å²) in [5, 5.41) is 0. The number of aryl methyl sites for hydroxylation is 3. The fourth-order valence-corrected chi connectivity index (χ4v) is 2.33. The van der Waals surface area contributed by atoms with Crippen LogP contribution in [0.2, 0.25) is 0 Å². The van der Waals surface area contributed by atoms with Crippen LogP contribution in [0.5, 0.6) is 0 Å². The molecule has 0 radical (unpaired) electrons. The normalized spacial score (nSPS) is 12.5.